The minimum atomic E-state index is 0.340. The lowest BCUT2D eigenvalue weighted by atomic mass is 10.1. The van der Waals surface area contributed by atoms with Crippen molar-refractivity contribution in [2.24, 2.45) is 4.99 Å². The lowest BCUT2D eigenvalue weighted by Crippen LogP contribution is -1.93. The molecule has 1 nitrogen and oxygen atoms in total. The van der Waals surface area contributed by atoms with Gasteiger partial charge in [0, 0.05) is 6.21 Å². The van der Waals surface area contributed by atoms with Crippen molar-refractivity contribution in [1.82, 2.24) is 0 Å². The van der Waals surface area contributed by atoms with E-state index in [2.05, 4.69) is 18.5 Å². The van der Waals surface area contributed by atoms with Crippen LogP contribution in [0.4, 0.5) is 0 Å². The third kappa shape index (κ3) is 0.713. The van der Waals surface area contributed by atoms with Crippen LogP contribution in [0.25, 0.3) is 0 Å². The molecular formula is C7H9N. The molecule has 0 aliphatic carbocycles. The number of hydrogen-bond donors (Lipinski definition) is 0. The number of nitrogens with zero attached hydrogens (tertiary/aromatic N) is 1. The summed E-state index contributed by atoms with van der Waals surface area (Å²) in [7, 11) is 0. The lowest BCUT2D eigenvalue weighted by Gasteiger charge is -1.97. The highest BCUT2D eigenvalue weighted by molar-refractivity contribution is 5.77. The summed E-state index contributed by atoms with van der Waals surface area (Å²) in [6.45, 7) is 5.70. The summed E-state index contributed by atoms with van der Waals surface area (Å²) in [6.07, 6.45) is 5.65. The van der Waals surface area contributed by atoms with Crippen LogP contribution in [0.1, 0.15) is 6.92 Å². The van der Waals surface area contributed by atoms with E-state index in [1.54, 1.807) is 0 Å². The Labute approximate surface area is 49.4 Å². The van der Waals surface area contributed by atoms with Gasteiger partial charge in [0.25, 0.3) is 0 Å². The van der Waals surface area contributed by atoms with Gasteiger partial charge in [-0.3, -0.25) is 4.99 Å². The summed E-state index contributed by atoms with van der Waals surface area (Å²) in [4.78, 5) is 4.10. The van der Waals surface area contributed by atoms with E-state index in [0.717, 1.165) is 0 Å². The molecule has 1 atom stereocenters. The van der Waals surface area contributed by atoms with Crippen molar-refractivity contribution in [2.75, 3.05) is 0 Å². The van der Waals surface area contributed by atoms with Crippen LogP contribution in [-0.4, -0.2) is 12.3 Å². The average molecular weight is 107 g/mol. The Morgan fingerprint density at radius 3 is 2.88 bits per heavy atom. The second-order valence-electron chi connectivity index (χ2n) is 1.84. The zero-order chi connectivity index (χ0) is 5.98. The van der Waals surface area contributed by atoms with Crippen LogP contribution in [0, 0.1) is 0 Å². The van der Waals surface area contributed by atoms with E-state index in [-0.39, 0.29) is 0 Å². The van der Waals surface area contributed by atoms with Crippen molar-refractivity contribution in [1.29, 1.82) is 0 Å². The van der Waals surface area contributed by atoms with Gasteiger partial charge in [-0.15, -0.1) is 0 Å². The van der Waals surface area contributed by atoms with Crippen molar-refractivity contribution in [3.63, 3.8) is 0 Å². The molecule has 0 spiro atoms. The van der Waals surface area contributed by atoms with Gasteiger partial charge >= 0.3 is 0 Å². The van der Waals surface area contributed by atoms with Gasteiger partial charge in [0.15, 0.2) is 0 Å². The van der Waals surface area contributed by atoms with Crippen molar-refractivity contribution < 1.29 is 0 Å². The van der Waals surface area contributed by atoms with Crippen molar-refractivity contribution in [3.05, 3.63) is 24.3 Å². The van der Waals surface area contributed by atoms with E-state index in [0.29, 0.717) is 6.04 Å². The van der Waals surface area contributed by atoms with Crippen molar-refractivity contribution in [3.8, 4) is 0 Å². The Morgan fingerprint density at radius 1 is 1.88 bits per heavy atom. The Balaban J connectivity index is 2.72. The van der Waals surface area contributed by atoms with Crippen LogP contribution in [-0.2, 0) is 0 Å². The molecule has 1 aliphatic rings. The highest BCUT2D eigenvalue weighted by Crippen LogP contribution is 2.10. The summed E-state index contributed by atoms with van der Waals surface area (Å²) in [5, 5.41) is 0. The molecule has 0 aromatic heterocycles. The maximum atomic E-state index is 4.10. The van der Waals surface area contributed by atoms with E-state index in [1.807, 2.05) is 18.4 Å². The van der Waals surface area contributed by atoms with Crippen LogP contribution < -0.4 is 0 Å². The quantitative estimate of drug-likeness (QED) is 0.482. The lowest BCUT2D eigenvalue weighted by molar-refractivity contribution is 0.911. The fourth-order valence-electron chi connectivity index (χ4n) is 0.722. The molecule has 0 saturated carbocycles. The third-order valence-electron chi connectivity index (χ3n) is 1.29. The third-order valence-corrected chi connectivity index (χ3v) is 1.29. The highest BCUT2D eigenvalue weighted by Gasteiger charge is 2.04. The Kier molecular flexibility index (Phi) is 1.29. The summed E-state index contributed by atoms with van der Waals surface area (Å²) in [5.41, 5.74) is 1.21. The molecule has 1 heteroatoms. The minimum absolute atomic E-state index is 0.340. The summed E-state index contributed by atoms with van der Waals surface area (Å²) in [5.74, 6) is 0. The van der Waals surface area contributed by atoms with E-state index < -0.39 is 0 Å². The first kappa shape index (κ1) is 5.29. The fraction of sp³-hybridized carbons (Fsp3) is 0.286. The second kappa shape index (κ2) is 1.95. The van der Waals surface area contributed by atoms with Gasteiger partial charge in [-0.05, 0) is 18.6 Å². The predicted molar refractivity (Wildman–Crippen MR) is 36.2 cm³/mol. The monoisotopic (exact) mass is 107 g/mol. The summed E-state index contributed by atoms with van der Waals surface area (Å²) >= 11 is 0. The SMILES string of the molecule is C=CC1=CC=NC1C. The van der Waals surface area contributed by atoms with Crippen LogP contribution in [0.15, 0.2) is 29.3 Å². The smallest absolute Gasteiger partial charge is 0.0721 e. The van der Waals surface area contributed by atoms with Crippen LogP contribution >= 0.6 is 0 Å². The van der Waals surface area contributed by atoms with Gasteiger partial charge in [-0.1, -0.05) is 12.7 Å². The number of allylic oxidation sites excluding steroid dienone is 1. The molecule has 1 unspecified atom stereocenters. The maximum Gasteiger partial charge on any atom is 0.0721 e. The normalized spacial score (nSPS) is 25.6. The van der Waals surface area contributed by atoms with Gasteiger partial charge in [0.1, 0.15) is 0 Å². The molecular weight excluding hydrogens is 98.1 g/mol. The maximum absolute atomic E-state index is 4.10. The average Bonchev–Trinajstić information content (AvgIpc) is 2.14. The standard InChI is InChI=1S/C7H9N/c1-3-7-4-5-8-6(7)2/h3-6H,1H2,2H3. The first-order valence-corrected chi connectivity index (χ1v) is 2.70. The van der Waals surface area contributed by atoms with Gasteiger partial charge in [0.05, 0.1) is 6.04 Å². The molecule has 0 fully saturated rings. The van der Waals surface area contributed by atoms with Crippen molar-refractivity contribution in [2.45, 2.75) is 13.0 Å². The molecule has 0 N–H and O–H groups in total. The molecule has 0 bridgehead atoms. The Bertz CT molecular complexity index is 154. The summed E-state index contributed by atoms with van der Waals surface area (Å²) < 4.78 is 0. The van der Waals surface area contributed by atoms with Gasteiger partial charge in [-0.2, -0.15) is 0 Å². The fourth-order valence-corrected chi connectivity index (χ4v) is 0.722. The molecule has 0 aromatic rings. The highest BCUT2D eigenvalue weighted by atomic mass is 14.8. The number of hydrogen-bond acceptors (Lipinski definition) is 1. The van der Waals surface area contributed by atoms with Crippen molar-refractivity contribution >= 4 is 6.21 Å². The van der Waals surface area contributed by atoms with E-state index in [1.165, 1.54) is 5.57 Å². The van der Waals surface area contributed by atoms with Gasteiger partial charge in [0.2, 0.25) is 0 Å². The number of aliphatic imine (C=N–C) groups is 1. The molecule has 0 radical (unpaired) electrons. The van der Waals surface area contributed by atoms with Gasteiger partial charge in [-0.25, -0.2) is 0 Å². The molecule has 1 aliphatic heterocycles. The zero-order valence-corrected chi connectivity index (χ0v) is 4.96. The second-order valence-corrected chi connectivity index (χ2v) is 1.84. The largest absolute Gasteiger partial charge is 0.285 e. The molecule has 8 heavy (non-hydrogen) atoms. The number of rotatable bonds is 1. The Hall–Kier alpha value is -0.850. The first-order chi connectivity index (χ1) is 3.84. The zero-order valence-electron chi connectivity index (χ0n) is 4.96. The minimum Gasteiger partial charge on any atom is -0.285 e. The first-order valence-electron chi connectivity index (χ1n) is 2.70. The molecule has 42 valence electrons. The molecule has 0 saturated heterocycles. The van der Waals surface area contributed by atoms with Crippen LogP contribution in [0.5, 0.6) is 0 Å². The summed E-state index contributed by atoms with van der Waals surface area (Å²) in [6, 6.07) is 0.340. The van der Waals surface area contributed by atoms with Crippen LogP contribution in [0.2, 0.25) is 0 Å². The van der Waals surface area contributed by atoms with E-state index in [9.17, 15) is 0 Å². The van der Waals surface area contributed by atoms with Crippen LogP contribution in [0.3, 0.4) is 0 Å². The molecule has 1 heterocycles. The Morgan fingerprint density at radius 2 is 2.62 bits per heavy atom. The van der Waals surface area contributed by atoms with Gasteiger partial charge < -0.3 is 0 Å². The predicted octanol–water partition coefficient (Wildman–Crippen LogP) is 1.57. The molecule has 1 rings (SSSR count). The molecule has 0 aromatic carbocycles. The van der Waals surface area contributed by atoms with E-state index >= 15 is 0 Å². The van der Waals surface area contributed by atoms with E-state index in [4.69, 9.17) is 0 Å². The topological polar surface area (TPSA) is 12.4 Å². The molecule has 0 amide bonds.